The summed E-state index contributed by atoms with van der Waals surface area (Å²) >= 11 is 1.66. The fraction of sp³-hybridized carbons (Fsp3) is 0.143. The highest BCUT2D eigenvalue weighted by Gasteiger charge is 2.05. The van der Waals surface area contributed by atoms with Gasteiger partial charge in [0.15, 0.2) is 0 Å². The van der Waals surface area contributed by atoms with Crippen LogP contribution in [0.25, 0.3) is 0 Å². The average Bonchev–Trinajstić information content (AvgIpc) is 2.47. The van der Waals surface area contributed by atoms with Crippen LogP contribution in [0.5, 0.6) is 5.75 Å². The number of methoxy groups -OCH3 is 1. The maximum atomic E-state index is 5.36. The number of pyridine rings is 1. The van der Waals surface area contributed by atoms with Crippen LogP contribution in [0.1, 0.15) is 11.1 Å². The number of hydrazone groups is 1. The summed E-state index contributed by atoms with van der Waals surface area (Å²) in [5, 5.41) is 4.52. The molecule has 1 aromatic carbocycles. The van der Waals surface area contributed by atoms with Crippen molar-refractivity contribution in [2.24, 2.45) is 10.9 Å². The number of hydrogen-bond donors (Lipinski definition) is 1. The average molecular weight is 273 g/mol. The molecule has 0 unspecified atom stereocenters. The molecule has 0 aliphatic carbocycles. The topological polar surface area (TPSA) is 60.5 Å². The van der Waals surface area contributed by atoms with Crippen LogP contribution in [0, 0.1) is 0 Å². The van der Waals surface area contributed by atoms with Crippen molar-refractivity contribution >= 4 is 18.0 Å². The van der Waals surface area contributed by atoms with Crippen molar-refractivity contribution < 1.29 is 4.74 Å². The van der Waals surface area contributed by atoms with Crippen LogP contribution in [0.3, 0.4) is 0 Å². The lowest BCUT2D eigenvalue weighted by molar-refractivity contribution is 0.411. The predicted molar refractivity (Wildman–Crippen MR) is 78.6 cm³/mol. The van der Waals surface area contributed by atoms with E-state index in [4.69, 9.17) is 10.6 Å². The molecular weight excluding hydrogens is 258 g/mol. The second-order valence-electron chi connectivity index (χ2n) is 3.81. The number of benzene rings is 1. The molecule has 0 fully saturated rings. The van der Waals surface area contributed by atoms with E-state index in [2.05, 4.69) is 10.1 Å². The molecule has 0 amide bonds. The van der Waals surface area contributed by atoms with Gasteiger partial charge in [-0.25, -0.2) is 4.98 Å². The van der Waals surface area contributed by atoms with Gasteiger partial charge in [-0.1, -0.05) is 6.07 Å². The van der Waals surface area contributed by atoms with E-state index in [-0.39, 0.29) is 0 Å². The van der Waals surface area contributed by atoms with Crippen LogP contribution in [0.2, 0.25) is 0 Å². The van der Waals surface area contributed by atoms with Gasteiger partial charge in [0.25, 0.3) is 0 Å². The fourth-order valence-corrected chi connectivity index (χ4v) is 2.50. The minimum absolute atomic E-state index is 0.784. The molecule has 0 saturated heterocycles. The van der Waals surface area contributed by atoms with Crippen LogP contribution in [-0.2, 0) is 5.75 Å². The zero-order valence-corrected chi connectivity index (χ0v) is 11.4. The van der Waals surface area contributed by atoms with Gasteiger partial charge >= 0.3 is 0 Å². The van der Waals surface area contributed by atoms with Crippen molar-refractivity contribution in [2.75, 3.05) is 7.11 Å². The van der Waals surface area contributed by atoms with E-state index < -0.39 is 0 Å². The Balaban J connectivity index is 2.15. The molecule has 2 rings (SSSR count). The molecule has 0 aliphatic rings. The Morgan fingerprint density at radius 1 is 1.37 bits per heavy atom. The lowest BCUT2D eigenvalue weighted by Crippen LogP contribution is -1.94. The van der Waals surface area contributed by atoms with Crippen LogP contribution < -0.4 is 10.6 Å². The third-order valence-corrected chi connectivity index (χ3v) is 3.53. The Hall–Kier alpha value is -2.01. The number of thioether (sulfide) groups is 1. The zero-order valence-electron chi connectivity index (χ0n) is 10.6. The van der Waals surface area contributed by atoms with E-state index in [1.54, 1.807) is 31.3 Å². The highest BCUT2D eigenvalue weighted by molar-refractivity contribution is 7.98. The van der Waals surface area contributed by atoms with E-state index in [0.29, 0.717) is 0 Å². The summed E-state index contributed by atoms with van der Waals surface area (Å²) in [4.78, 5) is 4.28. The molecule has 98 valence electrons. The number of hydrogen-bond acceptors (Lipinski definition) is 5. The third kappa shape index (κ3) is 3.72. The van der Waals surface area contributed by atoms with Gasteiger partial charge in [-0.3, -0.25) is 0 Å². The minimum atomic E-state index is 0.784. The van der Waals surface area contributed by atoms with Crippen LogP contribution in [-0.4, -0.2) is 18.3 Å². The monoisotopic (exact) mass is 273 g/mol. The first-order valence-electron chi connectivity index (χ1n) is 5.77. The number of aromatic nitrogens is 1. The Labute approximate surface area is 116 Å². The van der Waals surface area contributed by atoms with Gasteiger partial charge < -0.3 is 10.6 Å². The SMILES string of the molecule is COc1ccc(C=NN)cc1CSc1ccccn1. The first kappa shape index (κ1) is 13.4. The van der Waals surface area contributed by atoms with E-state index in [0.717, 1.165) is 27.7 Å². The van der Waals surface area contributed by atoms with Gasteiger partial charge in [0.2, 0.25) is 0 Å². The van der Waals surface area contributed by atoms with E-state index in [1.807, 2.05) is 36.4 Å². The molecule has 0 bridgehead atoms. The fourth-order valence-electron chi connectivity index (χ4n) is 1.66. The molecule has 5 heteroatoms. The van der Waals surface area contributed by atoms with Crippen molar-refractivity contribution in [2.45, 2.75) is 10.8 Å². The normalized spacial score (nSPS) is 10.8. The van der Waals surface area contributed by atoms with Gasteiger partial charge in [0, 0.05) is 17.5 Å². The molecule has 2 N–H and O–H groups in total. The number of nitrogens with zero attached hydrogens (tertiary/aromatic N) is 2. The van der Waals surface area contributed by atoms with Crippen molar-refractivity contribution in [3.63, 3.8) is 0 Å². The maximum Gasteiger partial charge on any atom is 0.122 e. The summed E-state index contributed by atoms with van der Waals surface area (Å²) in [6.07, 6.45) is 3.41. The lowest BCUT2D eigenvalue weighted by atomic mass is 10.1. The molecular formula is C14H15N3OS. The molecule has 0 spiro atoms. The summed E-state index contributed by atoms with van der Waals surface area (Å²) in [5.74, 6) is 6.81. The molecule has 4 nitrogen and oxygen atoms in total. The Morgan fingerprint density at radius 3 is 2.95 bits per heavy atom. The van der Waals surface area contributed by atoms with Gasteiger partial charge in [0.1, 0.15) is 5.75 Å². The van der Waals surface area contributed by atoms with Crippen molar-refractivity contribution in [3.05, 3.63) is 53.7 Å². The largest absolute Gasteiger partial charge is 0.496 e. The number of nitrogens with two attached hydrogens (primary N) is 1. The molecule has 0 atom stereocenters. The van der Waals surface area contributed by atoms with Crippen molar-refractivity contribution in [1.29, 1.82) is 0 Å². The van der Waals surface area contributed by atoms with Gasteiger partial charge in [-0.15, -0.1) is 11.8 Å². The summed E-state index contributed by atoms with van der Waals surface area (Å²) in [7, 11) is 1.67. The highest BCUT2D eigenvalue weighted by atomic mass is 32.2. The van der Waals surface area contributed by atoms with Gasteiger partial charge in [0.05, 0.1) is 18.4 Å². The Morgan fingerprint density at radius 2 is 2.26 bits per heavy atom. The van der Waals surface area contributed by atoms with Crippen LogP contribution in [0.15, 0.2) is 52.7 Å². The van der Waals surface area contributed by atoms with E-state index >= 15 is 0 Å². The number of rotatable bonds is 5. The quantitative estimate of drug-likeness (QED) is 0.394. The summed E-state index contributed by atoms with van der Waals surface area (Å²) < 4.78 is 5.36. The molecule has 1 heterocycles. The summed E-state index contributed by atoms with van der Waals surface area (Å²) in [6.45, 7) is 0. The first-order chi connectivity index (χ1) is 9.33. The standard InChI is InChI=1S/C14H15N3OS/c1-18-13-6-5-11(9-17-15)8-12(13)10-19-14-4-2-3-7-16-14/h2-9H,10,15H2,1H3. The first-order valence-corrected chi connectivity index (χ1v) is 6.76. The van der Waals surface area contributed by atoms with E-state index in [1.165, 1.54) is 0 Å². The van der Waals surface area contributed by atoms with Crippen LogP contribution in [0.4, 0.5) is 0 Å². The predicted octanol–water partition coefficient (Wildman–Crippen LogP) is 2.68. The maximum absolute atomic E-state index is 5.36. The molecule has 2 aromatic rings. The Kier molecular flexibility index (Phi) is 4.80. The van der Waals surface area contributed by atoms with Gasteiger partial charge in [-0.2, -0.15) is 5.10 Å². The third-order valence-electron chi connectivity index (χ3n) is 2.54. The van der Waals surface area contributed by atoms with Gasteiger partial charge in [-0.05, 0) is 35.9 Å². The van der Waals surface area contributed by atoms with Crippen LogP contribution >= 0.6 is 11.8 Å². The molecule has 0 radical (unpaired) electrons. The molecule has 1 aromatic heterocycles. The molecule has 0 aliphatic heterocycles. The summed E-state index contributed by atoms with van der Waals surface area (Å²) in [5.41, 5.74) is 2.05. The minimum Gasteiger partial charge on any atom is -0.496 e. The highest BCUT2D eigenvalue weighted by Crippen LogP contribution is 2.27. The van der Waals surface area contributed by atoms with Crippen molar-refractivity contribution in [1.82, 2.24) is 4.98 Å². The van der Waals surface area contributed by atoms with E-state index in [9.17, 15) is 0 Å². The van der Waals surface area contributed by atoms with Crippen molar-refractivity contribution in [3.8, 4) is 5.75 Å². The number of ether oxygens (including phenoxy) is 1. The molecule has 0 saturated carbocycles. The summed E-state index contributed by atoms with van der Waals surface area (Å²) in [6, 6.07) is 11.7. The lowest BCUT2D eigenvalue weighted by Gasteiger charge is -2.08. The smallest absolute Gasteiger partial charge is 0.122 e. The second kappa shape index (κ2) is 6.80. The molecule has 19 heavy (non-hydrogen) atoms. The zero-order chi connectivity index (χ0) is 13.5. The second-order valence-corrected chi connectivity index (χ2v) is 4.80. The Bertz CT molecular complexity index is 558.